The standard InChI is InChI=1S/C14H18F2N6O2/c1-19-9-10(8-17-19)21-3-5-22(6-4-21)13(23)11-7-12(20(2)18-11)24-14(15)16/h7-9,14H,3-6H2,1-2H3. The van der Waals surface area contributed by atoms with Gasteiger partial charge in [0.2, 0.25) is 5.88 Å². The molecule has 0 bridgehead atoms. The molecule has 1 aliphatic rings. The molecule has 0 unspecified atom stereocenters. The topological polar surface area (TPSA) is 68.4 Å². The third kappa shape index (κ3) is 3.31. The van der Waals surface area contributed by atoms with Gasteiger partial charge >= 0.3 is 6.61 Å². The highest BCUT2D eigenvalue weighted by atomic mass is 19.3. The van der Waals surface area contributed by atoms with Crippen molar-refractivity contribution < 1.29 is 18.3 Å². The zero-order valence-corrected chi connectivity index (χ0v) is 13.4. The van der Waals surface area contributed by atoms with Crippen LogP contribution in [0.15, 0.2) is 18.5 Å². The van der Waals surface area contributed by atoms with Crippen LogP contribution in [0.1, 0.15) is 10.5 Å². The van der Waals surface area contributed by atoms with Crippen LogP contribution in [0, 0.1) is 0 Å². The summed E-state index contributed by atoms with van der Waals surface area (Å²) in [5.74, 6) is -0.428. The van der Waals surface area contributed by atoms with Gasteiger partial charge in [-0.25, -0.2) is 4.68 Å². The van der Waals surface area contributed by atoms with E-state index in [2.05, 4.69) is 19.8 Å². The summed E-state index contributed by atoms with van der Waals surface area (Å²) in [4.78, 5) is 16.3. The van der Waals surface area contributed by atoms with Crippen LogP contribution in [0.5, 0.6) is 5.88 Å². The third-order valence-electron chi connectivity index (χ3n) is 3.89. The predicted molar refractivity (Wildman–Crippen MR) is 81.2 cm³/mol. The van der Waals surface area contributed by atoms with Gasteiger partial charge in [0.1, 0.15) is 0 Å². The molecular weight excluding hydrogens is 322 g/mol. The van der Waals surface area contributed by atoms with Crippen molar-refractivity contribution >= 4 is 11.6 Å². The number of piperazine rings is 1. The van der Waals surface area contributed by atoms with Crippen LogP contribution in [0.25, 0.3) is 0 Å². The van der Waals surface area contributed by atoms with E-state index < -0.39 is 6.61 Å². The molecule has 0 atom stereocenters. The lowest BCUT2D eigenvalue weighted by Crippen LogP contribution is -2.48. The first-order chi connectivity index (χ1) is 11.4. The highest BCUT2D eigenvalue weighted by molar-refractivity contribution is 5.92. The average Bonchev–Trinajstić information content (AvgIpc) is 3.13. The summed E-state index contributed by atoms with van der Waals surface area (Å²) in [5.41, 5.74) is 1.11. The molecule has 24 heavy (non-hydrogen) atoms. The first kappa shape index (κ1) is 16.2. The zero-order valence-electron chi connectivity index (χ0n) is 13.4. The van der Waals surface area contributed by atoms with Gasteiger partial charge in [-0.3, -0.25) is 9.48 Å². The van der Waals surface area contributed by atoms with E-state index in [9.17, 15) is 13.6 Å². The van der Waals surface area contributed by atoms with Crippen LogP contribution >= 0.6 is 0 Å². The van der Waals surface area contributed by atoms with Crippen LogP contribution in [0.2, 0.25) is 0 Å². The van der Waals surface area contributed by atoms with E-state index in [0.29, 0.717) is 26.2 Å². The molecule has 1 fully saturated rings. The van der Waals surface area contributed by atoms with Crippen LogP contribution < -0.4 is 9.64 Å². The molecule has 2 aromatic heterocycles. The Balaban J connectivity index is 1.63. The van der Waals surface area contributed by atoms with Gasteiger partial charge in [-0.15, -0.1) is 0 Å². The van der Waals surface area contributed by atoms with Gasteiger partial charge in [0.25, 0.3) is 5.91 Å². The van der Waals surface area contributed by atoms with Crippen molar-refractivity contribution in [2.75, 3.05) is 31.1 Å². The monoisotopic (exact) mass is 340 g/mol. The average molecular weight is 340 g/mol. The van der Waals surface area contributed by atoms with Gasteiger partial charge in [0, 0.05) is 52.5 Å². The molecule has 0 N–H and O–H groups in total. The Kier molecular flexibility index (Phi) is 4.36. The maximum atomic E-state index is 12.5. The molecular formula is C14H18F2N6O2. The summed E-state index contributed by atoms with van der Waals surface area (Å²) in [5, 5.41) is 8.10. The number of aromatic nitrogens is 4. The number of rotatable bonds is 4. The quantitative estimate of drug-likeness (QED) is 0.820. The Labute approximate surface area is 137 Å². The van der Waals surface area contributed by atoms with Crippen LogP contribution in [0.3, 0.4) is 0 Å². The van der Waals surface area contributed by atoms with Crippen LogP contribution in [0.4, 0.5) is 14.5 Å². The fraction of sp³-hybridized carbons (Fsp3) is 0.500. The smallest absolute Gasteiger partial charge is 0.388 e. The second-order valence-electron chi connectivity index (χ2n) is 5.52. The van der Waals surface area contributed by atoms with Crippen molar-refractivity contribution in [1.82, 2.24) is 24.5 Å². The summed E-state index contributed by atoms with van der Waals surface area (Å²) in [6.45, 7) is -0.564. The van der Waals surface area contributed by atoms with E-state index in [0.717, 1.165) is 10.4 Å². The lowest BCUT2D eigenvalue weighted by molar-refractivity contribution is -0.0553. The Morgan fingerprint density at radius 1 is 1.25 bits per heavy atom. The minimum atomic E-state index is -2.95. The van der Waals surface area contributed by atoms with Crippen molar-refractivity contribution in [3.05, 3.63) is 24.2 Å². The molecule has 3 rings (SSSR count). The summed E-state index contributed by atoms with van der Waals surface area (Å²) in [7, 11) is 3.30. The van der Waals surface area contributed by atoms with E-state index >= 15 is 0 Å². The van der Waals surface area contributed by atoms with E-state index in [1.807, 2.05) is 13.2 Å². The fourth-order valence-corrected chi connectivity index (χ4v) is 2.66. The zero-order chi connectivity index (χ0) is 17.3. The minimum absolute atomic E-state index is 0.1000. The molecule has 1 aliphatic heterocycles. The highest BCUT2D eigenvalue weighted by Gasteiger charge is 2.25. The molecule has 0 saturated carbocycles. The number of carbonyl (C=O) groups is 1. The Bertz CT molecular complexity index is 721. The second-order valence-corrected chi connectivity index (χ2v) is 5.52. The number of carbonyl (C=O) groups excluding carboxylic acids is 1. The van der Waals surface area contributed by atoms with Crippen LogP contribution in [-0.4, -0.2) is 63.2 Å². The van der Waals surface area contributed by atoms with Crippen molar-refractivity contribution in [3.8, 4) is 5.88 Å². The van der Waals surface area contributed by atoms with Crippen molar-refractivity contribution in [3.63, 3.8) is 0 Å². The third-order valence-corrected chi connectivity index (χ3v) is 3.89. The maximum absolute atomic E-state index is 12.5. The Morgan fingerprint density at radius 2 is 1.96 bits per heavy atom. The number of alkyl halides is 2. The van der Waals surface area contributed by atoms with Gasteiger partial charge in [0.05, 0.1) is 11.9 Å². The molecule has 0 spiro atoms. The number of hydrogen-bond acceptors (Lipinski definition) is 5. The number of halogens is 2. The summed E-state index contributed by atoms with van der Waals surface area (Å²) in [6, 6.07) is 1.24. The molecule has 10 heteroatoms. The lowest BCUT2D eigenvalue weighted by atomic mass is 10.2. The summed E-state index contributed by atoms with van der Waals surface area (Å²) in [6.07, 6.45) is 3.70. The van der Waals surface area contributed by atoms with E-state index in [1.54, 1.807) is 15.8 Å². The highest BCUT2D eigenvalue weighted by Crippen LogP contribution is 2.19. The van der Waals surface area contributed by atoms with Gasteiger partial charge in [0.15, 0.2) is 5.69 Å². The lowest BCUT2D eigenvalue weighted by Gasteiger charge is -2.34. The molecule has 130 valence electrons. The number of amides is 1. The number of nitrogens with zero attached hydrogens (tertiary/aromatic N) is 6. The van der Waals surface area contributed by atoms with Crippen molar-refractivity contribution in [1.29, 1.82) is 0 Å². The van der Waals surface area contributed by atoms with E-state index in [-0.39, 0.29) is 17.5 Å². The first-order valence-corrected chi connectivity index (χ1v) is 7.46. The van der Waals surface area contributed by atoms with Gasteiger partial charge in [-0.1, -0.05) is 0 Å². The van der Waals surface area contributed by atoms with E-state index in [1.165, 1.54) is 13.1 Å². The fourth-order valence-electron chi connectivity index (χ4n) is 2.66. The first-order valence-electron chi connectivity index (χ1n) is 7.46. The van der Waals surface area contributed by atoms with E-state index in [4.69, 9.17) is 0 Å². The number of hydrogen-bond donors (Lipinski definition) is 0. The molecule has 3 heterocycles. The number of ether oxygens (including phenoxy) is 1. The molecule has 2 aromatic rings. The maximum Gasteiger partial charge on any atom is 0.388 e. The molecule has 0 radical (unpaired) electrons. The van der Waals surface area contributed by atoms with Crippen molar-refractivity contribution in [2.45, 2.75) is 6.61 Å². The van der Waals surface area contributed by atoms with Crippen LogP contribution in [-0.2, 0) is 14.1 Å². The number of aryl methyl sites for hydroxylation is 2. The second kappa shape index (κ2) is 6.46. The minimum Gasteiger partial charge on any atom is -0.417 e. The van der Waals surface area contributed by atoms with Gasteiger partial charge < -0.3 is 14.5 Å². The summed E-state index contributed by atoms with van der Waals surface area (Å²) < 4.78 is 31.8. The molecule has 1 saturated heterocycles. The molecule has 8 nitrogen and oxygen atoms in total. The Hall–Kier alpha value is -2.65. The molecule has 0 aromatic carbocycles. The van der Waals surface area contributed by atoms with Crippen molar-refractivity contribution in [2.24, 2.45) is 14.1 Å². The van der Waals surface area contributed by atoms with Gasteiger partial charge in [-0.05, 0) is 0 Å². The number of anilines is 1. The Morgan fingerprint density at radius 3 is 2.54 bits per heavy atom. The summed E-state index contributed by atoms with van der Waals surface area (Å²) >= 11 is 0. The normalized spacial score (nSPS) is 15.2. The largest absolute Gasteiger partial charge is 0.417 e. The van der Waals surface area contributed by atoms with Gasteiger partial charge in [-0.2, -0.15) is 19.0 Å². The molecule has 0 aliphatic carbocycles. The predicted octanol–water partition coefficient (Wildman–Crippen LogP) is 0.717. The SMILES string of the molecule is Cn1cc(N2CCN(C(=O)c3cc(OC(F)F)n(C)n3)CC2)cn1. The molecule has 1 amide bonds.